The number of nitrogens with zero attached hydrogens (tertiary/aromatic N) is 1. The van der Waals surface area contributed by atoms with E-state index in [4.69, 9.17) is 0 Å². The van der Waals surface area contributed by atoms with Gasteiger partial charge in [0, 0.05) is 24.1 Å². The first-order valence-electron chi connectivity index (χ1n) is 9.42. The highest BCUT2D eigenvalue weighted by Crippen LogP contribution is 2.33. The van der Waals surface area contributed by atoms with Crippen molar-refractivity contribution in [1.29, 1.82) is 0 Å². The molecule has 1 aliphatic rings. The summed E-state index contributed by atoms with van der Waals surface area (Å²) in [5, 5.41) is 2.96. The summed E-state index contributed by atoms with van der Waals surface area (Å²) in [7, 11) is 0. The van der Waals surface area contributed by atoms with Gasteiger partial charge in [-0.15, -0.1) is 0 Å². The number of alkyl halides is 2. The first kappa shape index (κ1) is 22.5. The Morgan fingerprint density at radius 2 is 1.71 bits per heavy atom. The van der Waals surface area contributed by atoms with Crippen LogP contribution in [-0.2, 0) is 11.3 Å². The third kappa shape index (κ3) is 5.61. The van der Waals surface area contributed by atoms with E-state index in [2.05, 4.69) is 5.32 Å². The Hall–Kier alpha value is -1.79. The molecule has 1 aliphatic heterocycles. The number of aryl methyl sites for hydroxylation is 2. The van der Waals surface area contributed by atoms with Crippen LogP contribution in [-0.4, -0.2) is 35.9 Å². The van der Waals surface area contributed by atoms with Crippen molar-refractivity contribution in [2.75, 3.05) is 25.0 Å². The molecule has 3 rings (SSSR count). The van der Waals surface area contributed by atoms with Crippen LogP contribution in [0.25, 0.3) is 0 Å². The second-order valence-corrected chi connectivity index (χ2v) is 7.80. The molecule has 0 radical (unpaired) electrons. The number of anilines is 1. The molecule has 0 aliphatic carbocycles. The lowest BCUT2D eigenvalue weighted by Crippen LogP contribution is -3.00. The van der Waals surface area contributed by atoms with Crippen LogP contribution in [0, 0.1) is 13.8 Å². The zero-order valence-corrected chi connectivity index (χ0v) is 17.9. The fourth-order valence-corrected chi connectivity index (χ4v) is 4.11. The van der Waals surface area contributed by atoms with Crippen molar-refractivity contribution in [1.82, 2.24) is 0 Å². The van der Waals surface area contributed by atoms with E-state index in [1.165, 1.54) is 0 Å². The van der Waals surface area contributed by atoms with Gasteiger partial charge in [-0.3, -0.25) is 4.79 Å². The molecular formula is C22H27BrF2N2O. The molecule has 1 saturated heterocycles. The molecule has 28 heavy (non-hydrogen) atoms. The van der Waals surface area contributed by atoms with E-state index in [-0.39, 0.29) is 46.9 Å². The summed E-state index contributed by atoms with van der Waals surface area (Å²) in [4.78, 5) is 12.8. The van der Waals surface area contributed by atoms with Crippen molar-refractivity contribution in [2.45, 2.75) is 39.2 Å². The van der Waals surface area contributed by atoms with Gasteiger partial charge in [-0.25, -0.2) is 8.78 Å². The number of benzene rings is 2. The fourth-order valence-electron chi connectivity index (χ4n) is 4.11. The molecule has 1 heterocycles. The molecule has 6 heteroatoms. The highest BCUT2D eigenvalue weighted by atomic mass is 79.9. The summed E-state index contributed by atoms with van der Waals surface area (Å²) >= 11 is 0. The smallest absolute Gasteiger partial charge is 0.295 e. The van der Waals surface area contributed by atoms with E-state index in [9.17, 15) is 13.6 Å². The third-order valence-corrected chi connectivity index (χ3v) is 5.33. The van der Waals surface area contributed by atoms with Gasteiger partial charge in [-0.2, -0.15) is 0 Å². The Morgan fingerprint density at radius 1 is 1.07 bits per heavy atom. The number of quaternary nitrogens is 1. The van der Waals surface area contributed by atoms with Crippen molar-refractivity contribution in [3.8, 4) is 0 Å². The summed E-state index contributed by atoms with van der Waals surface area (Å²) < 4.78 is 28.6. The predicted octanol–water partition coefficient (Wildman–Crippen LogP) is 1.69. The van der Waals surface area contributed by atoms with Gasteiger partial charge in [0.2, 0.25) is 0 Å². The zero-order valence-electron chi connectivity index (χ0n) is 16.4. The number of hydrogen-bond acceptors (Lipinski definition) is 1. The second kappa shape index (κ2) is 9.14. The predicted molar refractivity (Wildman–Crippen MR) is 104 cm³/mol. The molecule has 0 aromatic heterocycles. The zero-order chi connectivity index (χ0) is 19.5. The van der Waals surface area contributed by atoms with Crippen molar-refractivity contribution < 1.29 is 35.0 Å². The number of halogens is 3. The maximum absolute atomic E-state index is 14.3. The van der Waals surface area contributed by atoms with E-state index < -0.39 is 5.92 Å². The van der Waals surface area contributed by atoms with Crippen LogP contribution in [0.5, 0.6) is 0 Å². The van der Waals surface area contributed by atoms with Crippen LogP contribution in [0.2, 0.25) is 0 Å². The van der Waals surface area contributed by atoms with Gasteiger partial charge in [0.15, 0.2) is 6.54 Å². The highest BCUT2D eigenvalue weighted by Gasteiger charge is 2.46. The molecule has 152 valence electrons. The molecule has 0 unspecified atom stereocenters. The van der Waals surface area contributed by atoms with Crippen LogP contribution < -0.4 is 22.3 Å². The third-order valence-electron chi connectivity index (χ3n) is 5.33. The Bertz CT molecular complexity index is 793. The topological polar surface area (TPSA) is 29.1 Å². The van der Waals surface area contributed by atoms with Gasteiger partial charge < -0.3 is 26.8 Å². The summed E-state index contributed by atoms with van der Waals surface area (Å²) in [6, 6.07) is 15.4. The molecular weight excluding hydrogens is 426 g/mol. The van der Waals surface area contributed by atoms with Crippen LogP contribution in [0.1, 0.15) is 29.5 Å². The number of para-hydroxylation sites is 1. The van der Waals surface area contributed by atoms with Crippen LogP contribution in [0.4, 0.5) is 14.5 Å². The van der Waals surface area contributed by atoms with Gasteiger partial charge in [-0.1, -0.05) is 48.5 Å². The summed E-state index contributed by atoms with van der Waals surface area (Å²) in [6.07, 6.45) is 0.330. The first-order chi connectivity index (χ1) is 12.8. The number of amides is 1. The minimum absolute atomic E-state index is 0. The normalized spacial score (nSPS) is 20.9. The number of nitrogens with one attached hydrogen (secondary N) is 1. The van der Waals surface area contributed by atoms with E-state index in [1.54, 1.807) is 0 Å². The van der Waals surface area contributed by atoms with Crippen molar-refractivity contribution in [2.24, 2.45) is 0 Å². The molecule has 2 aromatic carbocycles. The van der Waals surface area contributed by atoms with E-state index >= 15 is 0 Å². The quantitative estimate of drug-likeness (QED) is 0.687. The number of piperidine rings is 1. The monoisotopic (exact) mass is 452 g/mol. The van der Waals surface area contributed by atoms with Gasteiger partial charge in [0.1, 0.15) is 13.1 Å². The van der Waals surface area contributed by atoms with Gasteiger partial charge in [0.05, 0.1) is 6.54 Å². The first-order valence-corrected chi connectivity index (χ1v) is 9.42. The van der Waals surface area contributed by atoms with Crippen molar-refractivity contribution >= 4 is 11.6 Å². The molecule has 3 nitrogen and oxygen atoms in total. The number of carbonyl (C=O) groups is 1. The lowest BCUT2D eigenvalue weighted by atomic mass is 10.0. The van der Waals surface area contributed by atoms with Crippen LogP contribution in [0.15, 0.2) is 48.5 Å². The standard InChI is InChI=1S/C22H26F2N2O.BrH/c1-17-8-6-9-18(2)21(17)25-20(27)15-26(13-7-12-22(23,24)16-26)14-19-10-4-3-5-11-19;/h3-6,8-11H,7,12-16H2,1-2H3;1H/t26-;/m0./s1. The molecule has 1 fully saturated rings. The molecule has 0 saturated carbocycles. The lowest BCUT2D eigenvalue weighted by molar-refractivity contribution is -0.945. The Balaban J connectivity index is 0.00000280. The SMILES string of the molecule is Cc1cccc(C)c1NC(=O)C[N@@+]1(Cc2ccccc2)CCCC(F)(F)C1.[Br-]. The minimum Gasteiger partial charge on any atom is -1.00 e. The van der Waals surface area contributed by atoms with E-state index in [1.807, 2.05) is 62.4 Å². The van der Waals surface area contributed by atoms with Crippen molar-refractivity contribution in [3.63, 3.8) is 0 Å². The number of carbonyl (C=O) groups excluding carboxylic acids is 1. The number of rotatable bonds is 5. The minimum atomic E-state index is -2.73. The summed E-state index contributed by atoms with van der Waals surface area (Å²) in [6.45, 7) is 4.67. The maximum Gasteiger partial charge on any atom is 0.295 e. The molecule has 1 amide bonds. The molecule has 0 spiro atoms. The van der Waals surface area contributed by atoms with Crippen LogP contribution >= 0.6 is 0 Å². The van der Waals surface area contributed by atoms with E-state index in [0.29, 0.717) is 19.5 Å². The highest BCUT2D eigenvalue weighted by molar-refractivity contribution is 5.93. The Kier molecular flexibility index (Phi) is 7.34. The average molecular weight is 453 g/mol. The fraction of sp³-hybridized carbons (Fsp3) is 0.409. The maximum atomic E-state index is 14.3. The average Bonchev–Trinajstić information content (AvgIpc) is 2.58. The Morgan fingerprint density at radius 3 is 2.32 bits per heavy atom. The number of likely N-dealkylation sites (tertiary alicyclic amines) is 1. The molecule has 1 N–H and O–H groups in total. The van der Waals surface area contributed by atoms with Gasteiger partial charge in [-0.05, 0) is 25.0 Å². The molecule has 2 aromatic rings. The van der Waals surface area contributed by atoms with Gasteiger partial charge in [0.25, 0.3) is 11.8 Å². The Labute approximate surface area is 176 Å². The summed E-state index contributed by atoms with van der Waals surface area (Å²) in [5.74, 6) is -2.94. The largest absolute Gasteiger partial charge is 1.00 e. The van der Waals surface area contributed by atoms with E-state index in [0.717, 1.165) is 22.4 Å². The molecule has 0 bridgehead atoms. The summed E-state index contributed by atoms with van der Waals surface area (Å²) in [5.41, 5.74) is 3.71. The second-order valence-electron chi connectivity index (χ2n) is 7.80. The molecule has 1 atom stereocenters. The van der Waals surface area contributed by atoms with Crippen molar-refractivity contribution in [3.05, 3.63) is 65.2 Å². The van der Waals surface area contributed by atoms with Crippen LogP contribution in [0.3, 0.4) is 0 Å². The number of hydrogen-bond donors (Lipinski definition) is 1. The lowest BCUT2D eigenvalue weighted by Gasteiger charge is -2.43. The van der Waals surface area contributed by atoms with Gasteiger partial charge >= 0.3 is 0 Å².